The molecule has 1 aromatic heterocycles. The molecule has 0 saturated heterocycles. The molecule has 1 heteroatoms. The molecule has 0 aliphatic heterocycles. The predicted octanol–water partition coefficient (Wildman–Crippen LogP) is 2.98. The van der Waals surface area contributed by atoms with E-state index in [4.69, 9.17) is 4.42 Å². The van der Waals surface area contributed by atoms with E-state index in [2.05, 4.69) is 18.2 Å². The quantitative estimate of drug-likeness (QED) is 0.677. The Hall–Kier alpha value is -1.50. The molecule has 1 heterocycles. The van der Waals surface area contributed by atoms with Crippen LogP contribution in [0.2, 0.25) is 0 Å². The van der Waals surface area contributed by atoms with Gasteiger partial charge in [0.2, 0.25) is 0 Å². The van der Waals surface area contributed by atoms with Crippen LogP contribution in [-0.4, -0.2) is 0 Å². The maximum Gasteiger partial charge on any atom is 0.108 e. The highest BCUT2D eigenvalue weighted by atomic mass is 16.3. The van der Waals surface area contributed by atoms with Gasteiger partial charge in [0.05, 0.1) is 0 Å². The Bertz CT molecular complexity index is 373. The lowest BCUT2D eigenvalue weighted by Gasteiger charge is -1.96. The van der Waals surface area contributed by atoms with Crippen molar-refractivity contribution in [2.45, 2.75) is 13.3 Å². The Kier molecular flexibility index (Phi) is 2.17. The normalized spacial score (nSPS) is 10.2. The molecule has 1 aromatic carbocycles. The first-order valence-corrected chi connectivity index (χ1v) is 4.35. The molecule has 2 rings (SSSR count). The first-order valence-electron chi connectivity index (χ1n) is 4.35. The molecule has 0 unspecified atom stereocenters. The minimum Gasteiger partial charge on any atom is -0.466 e. The van der Waals surface area contributed by atoms with E-state index < -0.39 is 0 Å². The highest BCUT2D eigenvalue weighted by Gasteiger charge is 1.99. The molecule has 0 aliphatic rings. The molecule has 0 fully saturated rings. The fourth-order valence-electron chi connectivity index (χ4n) is 1.32. The Morgan fingerprint density at radius 3 is 2.54 bits per heavy atom. The second-order valence-corrected chi connectivity index (χ2v) is 3.10. The van der Waals surface area contributed by atoms with Crippen molar-refractivity contribution >= 4 is 0 Å². The molecule has 0 aliphatic carbocycles. The van der Waals surface area contributed by atoms with Crippen molar-refractivity contribution in [3.05, 3.63) is 59.5 Å². The smallest absolute Gasteiger partial charge is 0.108 e. The van der Waals surface area contributed by atoms with Gasteiger partial charge in [0, 0.05) is 6.42 Å². The molecule has 0 spiro atoms. The van der Waals surface area contributed by atoms with Gasteiger partial charge in [0.1, 0.15) is 11.5 Å². The van der Waals surface area contributed by atoms with Gasteiger partial charge in [-0.2, -0.15) is 0 Å². The van der Waals surface area contributed by atoms with Gasteiger partial charge in [0.25, 0.3) is 0 Å². The van der Waals surface area contributed by atoms with Crippen molar-refractivity contribution in [3.8, 4) is 0 Å². The zero-order valence-electron chi connectivity index (χ0n) is 7.58. The second kappa shape index (κ2) is 3.48. The van der Waals surface area contributed by atoms with E-state index >= 15 is 0 Å². The molecule has 65 valence electrons. The van der Waals surface area contributed by atoms with E-state index in [0.717, 1.165) is 17.9 Å². The third-order valence-electron chi connectivity index (χ3n) is 1.96. The van der Waals surface area contributed by atoms with E-state index in [1.165, 1.54) is 5.56 Å². The Morgan fingerprint density at radius 1 is 1.15 bits per heavy atom. The summed E-state index contributed by atoms with van der Waals surface area (Å²) in [5, 5.41) is 0. The summed E-state index contributed by atoms with van der Waals surface area (Å²) >= 11 is 0. The van der Waals surface area contributed by atoms with Crippen LogP contribution in [0.25, 0.3) is 0 Å². The molecule has 0 N–H and O–H groups in total. The number of furan rings is 1. The third-order valence-corrected chi connectivity index (χ3v) is 1.96. The van der Waals surface area contributed by atoms with Crippen LogP contribution in [0.5, 0.6) is 0 Å². The van der Waals surface area contributed by atoms with Crippen molar-refractivity contribution in [1.29, 1.82) is 0 Å². The van der Waals surface area contributed by atoms with Crippen LogP contribution < -0.4 is 0 Å². The standard InChI is InChI=1S/C12H11O/c1-10-7-8-12(13-10)9-11-5-3-2-4-6-11/h3-8H,9H2,1H3. The monoisotopic (exact) mass is 171 g/mol. The summed E-state index contributed by atoms with van der Waals surface area (Å²) in [6.45, 7) is 1.96. The lowest BCUT2D eigenvalue weighted by molar-refractivity contribution is 0.493. The largest absolute Gasteiger partial charge is 0.466 e. The highest BCUT2D eigenvalue weighted by Crippen LogP contribution is 2.11. The van der Waals surface area contributed by atoms with Crippen molar-refractivity contribution in [2.24, 2.45) is 0 Å². The summed E-state index contributed by atoms with van der Waals surface area (Å²) in [4.78, 5) is 0. The summed E-state index contributed by atoms with van der Waals surface area (Å²) in [6.07, 6.45) is 0.864. The van der Waals surface area contributed by atoms with Crippen molar-refractivity contribution in [3.63, 3.8) is 0 Å². The van der Waals surface area contributed by atoms with Gasteiger partial charge in [-0.05, 0) is 30.7 Å². The Balaban J connectivity index is 2.15. The van der Waals surface area contributed by atoms with E-state index in [9.17, 15) is 0 Å². The van der Waals surface area contributed by atoms with Gasteiger partial charge < -0.3 is 4.42 Å². The van der Waals surface area contributed by atoms with Gasteiger partial charge in [-0.3, -0.25) is 0 Å². The van der Waals surface area contributed by atoms with E-state index in [1.54, 1.807) is 0 Å². The minimum absolute atomic E-state index is 0.864. The van der Waals surface area contributed by atoms with E-state index in [1.807, 2.05) is 31.2 Å². The first kappa shape index (κ1) is 8.11. The summed E-state index contributed by atoms with van der Waals surface area (Å²) in [5.74, 6) is 1.99. The van der Waals surface area contributed by atoms with Crippen LogP contribution >= 0.6 is 0 Å². The molecule has 0 saturated carbocycles. The highest BCUT2D eigenvalue weighted by molar-refractivity contribution is 5.20. The second-order valence-electron chi connectivity index (χ2n) is 3.10. The Morgan fingerprint density at radius 2 is 1.92 bits per heavy atom. The third kappa shape index (κ3) is 2.00. The van der Waals surface area contributed by atoms with Crippen LogP contribution in [0.4, 0.5) is 0 Å². The van der Waals surface area contributed by atoms with Crippen molar-refractivity contribution in [1.82, 2.24) is 0 Å². The molecular formula is C12H11O. The van der Waals surface area contributed by atoms with Gasteiger partial charge in [-0.25, -0.2) is 0 Å². The van der Waals surface area contributed by atoms with Gasteiger partial charge in [0.15, 0.2) is 0 Å². The van der Waals surface area contributed by atoms with Crippen LogP contribution in [0.15, 0.2) is 40.8 Å². The maximum atomic E-state index is 5.48. The average Bonchev–Trinajstić information content (AvgIpc) is 2.53. The zero-order chi connectivity index (χ0) is 9.10. The lowest BCUT2D eigenvalue weighted by Crippen LogP contribution is -1.83. The van der Waals surface area contributed by atoms with E-state index in [0.29, 0.717) is 0 Å². The van der Waals surface area contributed by atoms with Crippen LogP contribution in [-0.2, 0) is 6.42 Å². The van der Waals surface area contributed by atoms with Crippen LogP contribution in [0.3, 0.4) is 0 Å². The first-order chi connectivity index (χ1) is 6.34. The molecule has 1 nitrogen and oxygen atoms in total. The summed E-state index contributed by atoms with van der Waals surface area (Å²) in [5.41, 5.74) is 1.26. The van der Waals surface area contributed by atoms with Gasteiger partial charge in [-0.1, -0.05) is 24.3 Å². The number of benzene rings is 1. The van der Waals surface area contributed by atoms with E-state index in [-0.39, 0.29) is 0 Å². The molecule has 0 amide bonds. The molecule has 0 bridgehead atoms. The number of hydrogen-bond acceptors (Lipinski definition) is 1. The predicted molar refractivity (Wildman–Crippen MR) is 51.5 cm³/mol. The van der Waals surface area contributed by atoms with Crippen LogP contribution in [0, 0.1) is 13.0 Å². The molecule has 0 atom stereocenters. The molecular weight excluding hydrogens is 160 g/mol. The topological polar surface area (TPSA) is 13.1 Å². The number of hydrogen-bond donors (Lipinski definition) is 0. The fraction of sp³-hybridized carbons (Fsp3) is 0.167. The fourth-order valence-corrected chi connectivity index (χ4v) is 1.32. The lowest BCUT2D eigenvalue weighted by atomic mass is 10.1. The minimum atomic E-state index is 0.864. The molecule has 13 heavy (non-hydrogen) atoms. The molecule has 1 radical (unpaired) electrons. The zero-order valence-corrected chi connectivity index (χ0v) is 7.58. The maximum absolute atomic E-state index is 5.48. The number of rotatable bonds is 2. The summed E-state index contributed by atoms with van der Waals surface area (Å²) < 4.78 is 5.48. The van der Waals surface area contributed by atoms with Crippen LogP contribution in [0.1, 0.15) is 17.1 Å². The van der Waals surface area contributed by atoms with Gasteiger partial charge >= 0.3 is 0 Å². The Labute approximate surface area is 78.0 Å². The number of aryl methyl sites for hydroxylation is 1. The summed E-state index contributed by atoms with van der Waals surface area (Å²) in [7, 11) is 0. The summed E-state index contributed by atoms with van der Waals surface area (Å²) in [6, 6.07) is 15.0. The van der Waals surface area contributed by atoms with Crippen molar-refractivity contribution in [2.75, 3.05) is 0 Å². The van der Waals surface area contributed by atoms with Gasteiger partial charge in [-0.15, -0.1) is 0 Å². The SMILES string of the molecule is Cc1ccc(Cc2cc[c]cc2)o1. The average molecular weight is 171 g/mol. The molecule has 2 aromatic rings. The van der Waals surface area contributed by atoms with Crippen molar-refractivity contribution < 1.29 is 4.42 Å².